The van der Waals surface area contributed by atoms with Crippen molar-refractivity contribution in [2.24, 2.45) is 5.10 Å². The van der Waals surface area contributed by atoms with Crippen LogP contribution in [0.1, 0.15) is 31.1 Å². The fraction of sp³-hybridized carbons (Fsp3) is 0.294. The molecule has 2 aromatic rings. The van der Waals surface area contributed by atoms with Gasteiger partial charge < -0.3 is 4.98 Å². The second-order valence-electron chi connectivity index (χ2n) is 5.49. The summed E-state index contributed by atoms with van der Waals surface area (Å²) in [5, 5.41) is 8.44. The predicted molar refractivity (Wildman–Crippen MR) is 88.8 cm³/mol. The summed E-state index contributed by atoms with van der Waals surface area (Å²) in [7, 11) is 0. The molecule has 0 saturated heterocycles. The molecule has 3 rings (SSSR count). The summed E-state index contributed by atoms with van der Waals surface area (Å²) in [6, 6.07) is 8.04. The number of rotatable bonds is 3. The van der Waals surface area contributed by atoms with Gasteiger partial charge in [0.1, 0.15) is 0 Å². The fourth-order valence-electron chi connectivity index (χ4n) is 2.93. The van der Waals surface area contributed by atoms with Crippen LogP contribution in [0, 0.1) is 0 Å². The number of aromatic amines is 1. The number of benzene rings is 1. The van der Waals surface area contributed by atoms with Gasteiger partial charge in [0.15, 0.2) is 0 Å². The van der Waals surface area contributed by atoms with Gasteiger partial charge in [-0.25, -0.2) is 5.43 Å². The molecule has 2 heterocycles. The first-order valence-corrected chi connectivity index (χ1v) is 7.50. The SMILES string of the molecule is C/C=C/C=N/NC(=O)[C@@H]1Cc2c([nH]c3ccccc23)[C@H](C)N1. The van der Waals surface area contributed by atoms with E-state index in [1.165, 1.54) is 16.6 Å². The summed E-state index contributed by atoms with van der Waals surface area (Å²) in [6.07, 6.45) is 5.86. The summed E-state index contributed by atoms with van der Waals surface area (Å²) >= 11 is 0. The van der Waals surface area contributed by atoms with E-state index in [9.17, 15) is 4.79 Å². The van der Waals surface area contributed by atoms with Gasteiger partial charge in [0, 0.05) is 28.9 Å². The Balaban J connectivity index is 1.82. The zero-order valence-corrected chi connectivity index (χ0v) is 12.8. The standard InChI is InChI=1S/C17H20N4O/c1-3-4-9-18-21-17(22)15-10-13-12-7-5-6-8-14(12)20-16(13)11(2)19-15/h3-9,11,15,19-20H,10H2,1-2H3,(H,21,22)/b4-3+,18-9+/t11-,15-/m0/s1. The van der Waals surface area contributed by atoms with Crippen LogP contribution in [-0.2, 0) is 11.2 Å². The lowest BCUT2D eigenvalue weighted by Gasteiger charge is -2.27. The number of aromatic nitrogens is 1. The molecular weight excluding hydrogens is 276 g/mol. The Bertz CT molecular complexity index is 744. The van der Waals surface area contributed by atoms with Crippen LogP contribution in [0.15, 0.2) is 41.5 Å². The summed E-state index contributed by atoms with van der Waals surface area (Å²) in [6.45, 7) is 3.97. The van der Waals surface area contributed by atoms with Crippen molar-refractivity contribution in [3.05, 3.63) is 47.7 Å². The quantitative estimate of drug-likeness (QED) is 0.601. The van der Waals surface area contributed by atoms with Crippen LogP contribution in [-0.4, -0.2) is 23.1 Å². The minimum absolute atomic E-state index is 0.103. The van der Waals surface area contributed by atoms with Crippen LogP contribution >= 0.6 is 0 Å². The average molecular weight is 296 g/mol. The minimum Gasteiger partial charge on any atom is -0.357 e. The smallest absolute Gasteiger partial charge is 0.257 e. The summed E-state index contributed by atoms with van der Waals surface area (Å²) in [5.41, 5.74) is 6.09. The summed E-state index contributed by atoms with van der Waals surface area (Å²) < 4.78 is 0. The lowest BCUT2D eigenvalue weighted by molar-refractivity contribution is -0.123. The molecule has 1 aliphatic rings. The first-order valence-electron chi connectivity index (χ1n) is 7.50. The molecule has 0 spiro atoms. The Labute approximate surface area is 129 Å². The third kappa shape index (κ3) is 2.67. The highest BCUT2D eigenvalue weighted by Crippen LogP contribution is 2.31. The highest BCUT2D eigenvalue weighted by molar-refractivity contribution is 5.88. The van der Waals surface area contributed by atoms with Crippen molar-refractivity contribution in [1.29, 1.82) is 0 Å². The Morgan fingerprint density at radius 2 is 2.23 bits per heavy atom. The molecule has 1 amide bonds. The topological polar surface area (TPSA) is 69.3 Å². The summed E-state index contributed by atoms with van der Waals surface area (Å²) in [5.74, 6) is -0.108. The number of fused-ring (bicyclic) bond motifs is 3. The first kappa shape index (κ1) is 14.5. The molecule has 1 aliphatic heterocycles. The fourth-order valence-corrected chi connectivity index (χ4v) is 2.93. The van der Waals surface area contributed by atoms with E-state index in [2.05, 4.69) is 39.9 Å². The molecule has 0 unspecified atom stereocenters. The van der Waals surface area contributed by atoms with Crippen molar-refractivity contribution < 1.29 is 4.79 Å². The van der Waals surface area contributed by atoms with Crippen molar-refractivity contribution in [2.45, 2.75) is 32.4 Å². The van der Waals surface area contributed by atoms with E-state index >= 15 is 0 Å². The number of carbonyl (C=O) groups is 1. The van der Waals surface area contributed by atoms with Crippen LogP contribution in [0.25, 0.3) is 10.9 Å². The molecule has 5 nitrogen and oxygen atoms in total. The molecule has 5 heteroatoms. The van der Waals surface area contributed by atoms with E-state index in [0.29, 0.717) is 6.42 Å². The van der Waals surface area contributed by atoms with Gasteiger partial charge in [-0.05, 0) is 38.0 Å². The van der Waals surface area contributed by atoms with Gasteiger partial charge in [-0.15, -0.1) is 0 Å². The van der Waals surface area contributed by atoms with E-state index in [1.54, 1.807) is 12.3 Å². The monoisotopic (exact) mass is 296 g/mol. The van der Waals surface area contributed by atoms with E-state index in [1.807, 2.05) is 25.1 Å². The summed E-state index contributed by atoms with van der Waals surface area (Å²) in [4.78, 5) is 15.7. The highest BCUT2D eigenvalue weighted by atomic mass is 16.2. The third-order valence-electron chi connectivity index (χ3n) is 3.98. The van der Waals surface area contributed by atoms with Crippen molar-refractivity contribution in [3.8, 4) is 0 Å². The second kappa shape index (κ2) is 6.15. The number of H-pyrrole nitrogens is 1. The van der Waals surface area contributed by atoms with Crippen molar-refractivity contribution >= 4 is 23.0 Å². The first-order chi connectivity index (χ1) is 10.7. The van der Waals surface area contributed by atoms with Crippen LogP contribution in [0.5, 0.6) is 0 Å². The van der Waals surface area contributed by atoms with Gasteiger partial charge in [-0.2, -0.15) is 5.10 Å². The third-order valence-corrected chi connectivity index (χ3v) is 3.98. The number of para-hydroxylation sites is 1. The number of amides is 1. The van der Waals surface area contributed by atoms with Gasteiger partial charge in [-0.3, -0.25) is 10.1 Å². The Hall–Kier alpha value is -2.40. The molecule has 0 fully saturated rings. The zero-order chi connectivity index (χ0) is 15.5. The van der Waals surface area contributed by atoms with Gasteiger partial charge in [0.05, 0.1) is 6.04 Å². The predicted octanol–water partition coefficient (Wildman–Crippen LogP) is 2.42. The van der Waals surface area contributed by atoms with Crippen molar-refractivity contribution in [3.63, 3.8) is 0 Å². The maximum absolute atomic E-state index is 12.3. The van der Waals surface area contributed by atoms with Crippen LogP contribution in [0.3, 0.4) is 0 Å². The molecule has 0 radical (unpaired) electrons. The molecule has 2 atom stereocenters. The van der Waals surface area contributed by atoms with E-state index in [0.717, 1.165) is 5.52 Å². The number of hydrogen-bond acceptors (Lipinski definition) is 3. The van der Waals surface area contributed by atoms with Crippen LogP contribution in [0.2, 0.25) is 0 Å². The maximum atomic E-state index is 12.3. The van der Waals surface area contributed by atoms with Crippen LogP contribution < -0.4 is 10.7 Å². The van der Waals surface area contributed by atoms with E-state index < -0.39 is 0 Å². The molecule has 3 N–H and O–H groups in total. The lowest BCUT2D eigenvalue weighted by atomic mass is 9.94. The minimum atomic E-state index is -0.274. The molecule has 1 aromatic carbocycles. The van der Waals surface area contributed by atoms with Gasteiger partial charge in [-0.1, -0.05) is 24.3 Å². The van der Waals surface area contributed by atoms with Gasteiger partial charge in [0.2, 0.25) is 0 Å². The van der Waals surface area contributed by atoms with Crippen LogP contribution in [0.4, 0.5) is 0 Å². The zero-order valence-electron chi connectivity index (χ0n) is 12.8. The van der Waals surface area contributed by atoms with Crippen molar-refractivity contribution in [1.82, 2.24) is 15.7 Å². The van der Waals surface area contributed by atoms with Gasteiger partial charge in [0.25, 0.3) is 5.91 Å². The largest absolute Gasteiger partial charge is 0.357 e. The molecule has 0 aliphatic carbocycles. The molecular formula is C17H20N4O. The Morgan fingerprint density at radius 3 is 3.05 bits per heavy atom. The second-order valence-corrected chi connectivity index (χ2v) is 5.49. The normalized spacial score (nSPS) is 21.5. The molecule has 0 bridgehead atoms. The number of nitrogens with zero attached hydrogens (tertiary/aromatic N) is 1. The number of nitrogens with one attached hydrogen (secondary N) is 3. The number of allylic oxidation sites excluding steroid dienone is 2. The number of carbonyl (C=O) groups excluding carboxylic acids is 1. The molecule has 1 aromatic heterocycles. The maximum Gasteiger partial charge on any atom is 0.257 e. The average Bonchev–Trinajstić information content (AvgIpc) is 2.91. The number of hydrogen-bond donors (Lipinski definition) is 3. The molecule has 0 saturated carbocycles. The molecule has 22 heavy (non-hydrogen) atoms. The Kier molecular flexibility index (Phi) is 4.06. The van der Waals surface area contributed by atoms with E-state index in [-0.39, 0.29) is 18.0 Å². The lowest BCUT2D eigenvalue weighted by Crippen LogP contribution is -2.47. The van der Waals surface area contributed by atoms with Crippen molar-refractivity contribution in [2.75, 3.05) is 0 Å². The molecule has 114 valence electrons. The Morgan fingerprint density at radius 1 is 1.41 bits per heavy atom. The highest BCUT2D eigenvalue weighted by Gasteiger charge is 2.30. The number of hydrazone groups is 1. The van der Waals surface area contributed by atoms with E-state index in [4.69, 9.17) is 0 Å². The van der Waals surface area contributed by atoms with Gasteiger partial charge >= 0.3 is 0 Å².